The number of ether oxygens (including phenoxy) is 2. The Kier molecular flexibility index (Phi) is 9.52. The molecule has 20 heavy (non-hydrogen) atoms. The van der Waals surface area contributed by atoms with E-state index in [1.807, 2.05) is 6.92 Å². The zero-order valence-electron chi connectivity index (χ0n) is 11.9. The maximum atomic E-state index is 8.32. The summed E-state index contributed by atoms with van der Waals surface area (Å²) in [6.07, 6.45) is -0.193. The van der Waals surface area contributed by atoms with Crippen molar-refractivity contribution in [3.05, 3.63) is 0 Å². The average Bonchev–Trinajstić information content (AvgIpc) is 2.45. The van der Waals surface area contributed by atoms with Gasteiger partial charge in [-0.1, -0.05) is 0 Å². The van der Waals surface area contributed by atoms with Gasteiger partial charge in [-0.2, -0.15) is 9.97 Å². The van der Waals surface area contributed by atoms with Crippen LogP contribution in [0.4, 0.5) is 17.5 Å². The van der Waals surface area contributed by atoms with Crippen molar-refractivity contribution in [2.75, 3.05) is 50.0 Å². The summed E-state index contributed by atoms with van der Waals surface area (Å²) < 4.78 is 9.83. The second-order valence-corrected chi connectivity index (χ2v) is 3.84. The highest BCUT2D eigenvalue weighted by Gasteiger charge is 2.09. The standard InChI is InChI=1S/C7H13N5O.C4H9ClO2/c1-3-13-6-4(8)5(10-2)11-7(9)12-6;1-7-4(2-5)3-6/h3,8H2,1-2H3,(H3,9,10,11,12);4,6H,2-3H2,1H3. The Morgan fingerprint density at radius 3 is 2.40 bits per heavy atom. The first-order chi connectivity index (χ1) is 9.53. The molecule has 1 rings (SSSR count). The molecule has 8 nitrogen and oxygen atoms in total. The van der Waals surface area contributed by atoms with E-state index in [0.717, 1.165) is 0 Å². The van der Waals surface area contributed by atoms with Crippen LogP contribution in [0, 0.1) is 0 Å². The number of halogens is 1. The van der Waals surface area contributed by atoms with Crippen molar-refractivity contribution >= 4 is 29.1 Å². The number of nitrogens with zero attached hydrogens (tertiary/aromatic N) is 2. The summed E-state index contributed by atoms with van der Waals surface area (Å²) in [5.41, 5.74) is 11.5. The average molecular weight is 308 g/mol. The third-order valence-corrected chi connectivity index (χ3v) is 2.50. The SMILES string of the molecule is CCOc1nc(N)nc(NC)c1N.COC(CO)CCl. The lowest BCUT2D eigenvalue weighted by Gasteiger charge is -2.09. The van der Waals surface area contributed by atoms with Gasteiger partial charge in [0.15, 0.2) is 5.82 Å². The molecule has 0 aliphatic carbocycles. The smallest absolute Gasteiger partial charge is 0.244 e. The van der Waals surface area contributed by atoms with Crippen LogP contribution < -0.4 is 21.5 Å². The van der Waals surface area contributed by atoms with E-state index in [2.05, 4.69) is 20.0 Å². The first kappa shape index (κ1) is 18.5. The molecule has 0 radical (unpaired) electrons. The van der Waals surface area contributed by atoms with Crippen LogP contribution in [-0.4, -0.2) is 54.4 Å². The molecular formula is C11H22ClN5O3. The van der Waals surface area contributed by atoms with E-state index < -0.39 is 0 Å². The Hall–Kier alpha value is -1.51. The normalized spacial score (nSPS) is 11.2. The summed E-state index contributed by atoms with van der Waals surface area (Å²) in [5, 5.41) is 11.1. The van der Waals surface area contributed by atoms with Crippen LogP contribution in [0.2, 0.25) is 0 Å². The van der Waals surface area contributed by atoms with Crippen molar-refractivity contribution < 1.29 is 14.6 Å². The van der Waals surface area contributed by atoms with E-state index in [4.69, 9.17) is 32.9 Å². The van der Waals surface area contributed by atoms with Crippen molar-refractivity contribution in [3.8, 4) is 5.88 Å². The van der Waals surface area contributed by atoms with E-state index in [0.29, 0.717) is 29.9 Å². The number of anilines is 3. The van der Waals surface area contributed by atoms with Crippen molar-refractivity contribution in [1.29, 1.82) is 0 Å². The Morgan fingerprint density at radius 2 is 2.05 bits per heavy atom. The molecule has 0 fully saturated rings. The summed E-state index contributed by atoms with van der Waals surface area (Å²) in [6, 6.07) is 0. The number of nitrogens with two attached hydrogens (primary N) is 2. The predicted octanol–water partition coefficient (Wildman–Crippen LogP) is 0.314. The van der Waals surface area contributed by atoms with Gasteiger partial charge in [-0.3, -0.25) is 0 Å². The van der Waals surface area contributed by atoms with Crippen molar-refractivity contribution in [1.82, 2.24) is 9.97 Å². The number of nitrogen functional groups attached to an aromatic ring is 2. The maximum absolute atomic E-state index is 8.32. The van der Waals surface area contributed by atoms with Crippen molar-refractivity contribution in [3.63, 3.8) is 0 Å². The van der Waals surface area contributed by atoms with Gasteiger partial charge in [0.2, 0.25) is 11.8 Å². The molecule has 0 spiro atoms. The molecular weight excluding hydrogens is 286 g/mol. The molecule has 1 aromatic rings. The minimum atomic E-state index is -0.193. The van der Waals surface area contributed by atoms with Gasteiger partial charge in [0.1, 0.15) is 5.69 Å². The number of rotatable bonds is 6. The van der Waals surface area contributed by atoms with E-state index in [-0.39, 0.29) is 18.7 Å². The van der Waals surface area contributed by atoms with Crippen molar-refractivity contribution in [2.45, 2.75) is 13.0 Å². The van der Waals surface area contributed by atoms with Gasteiger partial charge in [0.25, 0.3) is 0 Å². The number of aliphatic hydroxyl groups excluding tert-OH is 1. The topological polar surface area (TPSA) is 129 Å². The molecule has 1 heterocycles. The number of alkyl halides is 1. The highest BCUT2D eigenvalue weighted by molar-refractivity contribution is 6.18. The zero-order chi connectivity index (χ0) is 15.5. The van der Waals surface area contributed by atoms with Gasteiger partial charge in [0.05, 0.1) is 25.2 Å². The van der Waals surface area contributed by atoms with Gasteiger partial charge in [-0.15, -0.1) is 11.6 Å². The lowest BCUT2D eigenvalue weighted by molar-refractivity contribution is 0.0647. The van der Waals surface area contributed by atoms with Crippen LogP contribution in [0.5, 0.6) is 5.88 Å². The number of hydrogen-bond donors (Lipinski definition) is 4. The van der Waals surface area contributed by atoms with E-state index in [9.17, 15) is 0 Å². The van der Waals surface area contributed by atoms with Crippen LogP contribution in [-0.2, 0) is 4.74 Å². The van der Waals surface area contributed by atoms with Gasteiger partial charge >= 0.3 is 0 Å². The Labute approximate surface area is 123 Å². The molecule has 0 saturated heterocycles. The summed E-state index contributed by atoms with van der Waals surface area (Å²) in [6.45, 7) is 2.33. The molecule has 1 atom stereocenters. The third-order valence-electron chi connectivity index (χ3n) is 2.15. The van der Waals surface area contributed by atoms with Gasteiger partial charge < -0.3 is 31.4 Å². The summed E-state index contributed by atoms with van der Waals surface area (Å²) in [4.78, 5) is 7.74. The van der Waals surface area contributed by atoms with Gasteiger partial charge in [-0.25, -0.2) is 0 Å². The quantitative estimate of drug-likeness (QED) is 0.553. The second kappa shape index (κ2) is 10.3. The molecule has 9 heteroatoms. The largest absolute Gasteiger partial charge is 0.476 e. The summed E-state index contributed by atoms with van der Waals surface area (Å²) in [7, 11) is 3.22. The number of aliphatic hydroxyl groups is 1. The Morgan fingerprint density at radius 1 is 1.40 bits per heavy atom. The highest BCUT2D eigenvalue weighted by Crippen LogP contribution is 2.25. The second-order valence-electron chi connectivity index (χ2n) is 3.53. The molecule has 0 bridgehead atoms. The predicted molar refractivity (Wildman–Crippen MR) is 80.2 cm³/mol. The first-order valence-corrected chi connectivity index (χ1v) is 6.50. The van der Waals surface area contributed by atoms with Crippen LogP contribution in [0.1, 0.15) is 6.92 Å². The van der Waals surface area contributed by atoms with E-state index >= 15 is 0 Å². The Balaban J connectivity index is 0.000000441. The fourth-order valence-electron chi connectivity index (χ4n) is 1.09. The van der Waals surface area contributed by atoms with Crippen LogP contribution in [0.15, 0.2) is 0 Å². The lowest BCUT2D eigenvalue weighted by Crippen LogP contribution is -2.16. The molecule has 0 saturated carbocycles. The number of aromatic nitrogens is 2. The number of hydrogen-bond acceptors (Lipinski definition) is 8. The summed E-state index contributed by atoms with van der Waals surface area (Å²) >= 11 is 5.28. The molecule has 0 aromatic carbocycles. The number of nitrogens with one attached hydrogen (secondary N) is 1. The Bertz CT molecular complexity index is 385. The first-order valence-electron chi connectivity index (χ1n) is 5.97. The zero-order valence-corrected chi connectivity index (χ0v) is 12.6. The highest BCUT2D eigenvalue weighted by atomic mass is 35.5. The lowest BCUT2D eigenvalue weighted by atomic mass is 10.4. The summed E-state index contributed by atoms with van der Waals surface area (Å²) in [5.74, 6) is 1.30. The minimum absolute atomic E-state index is 0. The van der Waals surface area contributed by atoms with Gasteiger partial charge in [0, 0.05) is 14.2 Å². The number of methoxy groups -OCH3 is 1. The molecule has 6 N–H and O–H groups in total. The minimum Gasteiger partial charge on any atom is -0.476 e. The van der Waals surface area contributed by atoms with Crippen LogP contribution in [0.3, 0.4) is 0 Å². The molecule has 0 amide bonds. The molecule has 1 aromatic heterocycles. The van der Waals surface area contributed by atoms with E-state index in [1.165, 1.54) is 7.11 Å². The van der Waals surface area contributed by atoms with E-state index in [1.54, 1.807) is 7.05 Å². The molecule has 1 unspecified atom stereocenters. The van der Waals surface area contributed by atoms with Crippen molar-refractivity contribution in [2.24, 2.45) is 0 Å². The van der Waals surface area contributed by atoms with Crippen LogP contribution >= 0.6 is 11.6 Å². The fourth-order valence-corrected chi connectivity index (χ4v) is 1.31. The molecule has 0 aliphatic rings. The fraction of sp³-hybridized carbons (Fsp3) is 0.636. The third kappa shape index (κ3) is 6.09. The molecule has 116 valence electrons. The monoisotopic (exact) mass is 307 g/mol. The van der Waals surface area contributed by atoms with Crippen LogP contribution in [0.25, 0.3) is 0 Å². The molecule has 0 aliphatic heterocycles. The van der Waals surface area contributed by atoms with Gasteiger partial charge in [-0.05, 0) is 6.92 Å². The maximum Gasteiger partial charge on any atom is 0.244 e.